The maximum absolute atomic E-state index is 6.15. The fourth-order valence-corrected chi connectivity index (χ4v) is 4.18. The van der Waals surface area contributed by atoms with Gasteiger partial charge in [0.05, 0.1) is 10.0 Å². The molecule has 2 fully saturated rings. The predicted molar refractivity (Wildman–Crippen MR) is 76.3 cm³/mol. The molecule has 2 aliphatic rings. The third kappa shape index (κ3) is 2.33. The second-order valence-corrected chi connectivity index (χ2v) is 6.60. The van der Waals surface area contributed by atoms with Crippen LogP contribution >= 0.6 is 23.2 Å². The van der Waals surface area contributed by atoms with Crippen molar-refractivity contribution in [3.8, 4) is 0 Å². The number of fused-ring (bicyclic) bond motifs is 2. The van der Waals surface area contributed by atoms with Crippen molar-refractivity contribution >= 4 is 29.0 Å². The summed E-state index contributed by atoms with van der Waals surface area (Å²) in [4.78, 5) is 4.28. The first kappa shape index (κ1) is 12.6. The van der Waals surface area contributed by atoms with Gasteiger partial charge in [0.15, 0.2) is 0 Å². The molecule has 4 atom stereocenters. The zero-order chi connectivity index (χ0) is 12.7. The number of hydrogen-bond acceptors (Lipinski definition) is 2. The van der Waals surface area contributed by atoms with Gasteiger partial charge >= 0.3 is 0 Å². The van der Waals surface area contributed by atoms with Gasteiger partial charge < -0.3 is 5.32 Å². The van der Waals surface area contributed by atoms with Gasteiger partial charge in [-0.05, 0) is 50.0 Å². The lowest BCUT2D eigenvalue weighted by Crippen LogP contribution is -2.30. The minimum Gasteiger partial charge on any atom is -0.366 e. The Morgan fingerprint density at radius 3 is 2.78 bits per heavy atom. The fourth-order valence-electron chi connectivity index (χ4n) is 3.75. The third-order valence-electron chi connectivity index (χ3n) is 4.61. The van der Waals surface area contributed by atoms with Crippen LogP contribution in [0.3, 0.4) is 0 Å². The average Bonchev–Trinajstić information content (AvgIpc) is 2.94. The molecule has 2 nitrogen and oxygen atoms in total. The van der Waals surface area contributed by atoms with E-state index in [1.54, 1.807) is 12.3 Å². The average molecular weight is 285 g/mol. The molecule has 1 aromatic heterocycles. The molecule has 98 valence electrons. The van der Waals surface area contributed by atoms with Gasteiger partial charge in [0.25, 0.3) is 0 Å². The Morgan fingerprint density at radius 1 is 1.33 bits per heavy atom. The Morgan fingerprint density at radius 2 is 2.17 bits per heavy atom. The molecule has 0 aliphatic heterocycles. The van der Waals surface area contributed by atoms with E-state index in [1.807, 2.05) is 0 Å². The van der Waals surface area contributed by atoms with E-state index < -0.39 is 0 Å². The van der Waals surface area contributed by atoms with Gasteiger partial charge in [-0.2, -0.15) is 0 Å². The first-order chi connectivity index (χ1) is 8.63. The lowest BCUT2D eigenvalue weighted by molar-refractivity contribution is 0.304. The molecule has 2 aliphatic carbocycles. The maximum Gasteiger partial charge on any atom is 0.145 e. The van der Waals surface area contributed by atoms with Gasteiger partial charge in [-0.3, -0.25) is 0 Å². The summed E-state index contributed by atoms with van der Waals surface area (Å²) in [6.07, 6.45) is 7.28. The standard InChI is InChI=1S/C14H18Cl2N2/c1-8(12-5-9-2-3-10(12)4-9)18-14-13(16)6-11(15)7-17-14/h6-10,12H,2-5H2,1H3,(H,17,18). The van der Waals surface area contributed by atoms with Gasteiger partial charge in [-0.25, -0.2) is 4.98 Å². The van der Waals surface area contributed by atoms with Crippen LogP contribution in [0.1, 0.15) is 32.6 Å². The number of nitrogens with one attached hydrogen (secondary N) is 1. The highest BCUT2D eigenvalue weighted by Gasteiger charge is 2.41. The monoisotopic (exact) mass is 284 g/mol. The topological polar surface area (TPSA) is 24.9 Å². The van der Waals surface area contributed by atoms with Crippen LogP contribution in [0.5, 0.6) is 0 Å². The zero-order valence-corrected chi connectivity index (χ0v) is 12.0. The molecule has 0 spiro atoms. The van der Waals surface area contributed by atoms with Crippen LogP contribution < -0.4 is 5.32 Å². The second-order valence-electron chi connectivity index (χ2n) is 5.76. The molecule has 0 radical (unpaired) electrons. The van der Waals surface area contributed by atoms with E-state index in [0.29, 0.717) is 16.1 Å². The summed E-state index contributed by atoms with van der Waals surface area (Å²) in [5.74, 6) is 3.41. The van der Waals surface area contributed by atoms with Crippen LogP contribution in [-0.4, -0.2) is 11.0 Å². The lowest BCUT2D eigenvalue weighted by atomic mass is 9.84. The van der Waals surface area contributed by atoms with Crippen molar-refractivity contribution < 1.29 is 0 Å². The molecule has 0 amide bonds. The van der Waals surface area contributed by atoms with Crippen molar-refractivity contribution in [2.75, 3.05) is 5.32 Å². The minimum atomic E-state index is 0.437. The number of hydrogen-bond donors (Lipinski definition) is 1. The molecule has 18 heavy (non-hydrogen) atoms. The SMILES string of the molecule is CC(Nc1ncc(Cl)cc1Cl)C1CC2CCC1C2. The Hall–Kier alpha value is -0.470. The molecule has 4 unspecified atom stereocenters. The number of pyridine rings is 1. The normalized spacial score (nSPS) is 31.6. The van der Waals surface area contributed by atoms with Gasteiger partial charge in [0.1, 0.15) is 5.82 Å². The molecule has 1 heterocycles. The van der Waals surface area contributed by atoms with Crippen molar-refractivity contribution in [3.05, 3.63) is 22.3 Å². The molecule has 1 aromatic rings. The van der Waals surface area contributed by atoms with E-state index in [0.717, 1.165) is 23.6 Å². The quantitative estimate of drug-likeness (QED) is 0.876. The van der Waals surface area contributed by atoms with Crippen LogP contribution in [0.25, 0.3) is 0 Å². The minimum absolute atomic E-state index is 0.437. The van der Waals surface area contributed by atoms with Crippen LogP contribution in [0, 0.1) is 17.8 Å². The zero-order valence-electron chi connectivity index (χ0n) is 10.5. The number of anilines is 1. The Kier molecular flexibility index (Phi) is 3.42. The summed E-state index contributed by atoms with van der Waals surface area (Å²) in [5, 5.41) is 4.65. The third-order valence-corrected chi connectivity index (χ3v) is 5.10. The molecular formula is C14H18Cl2N2. The summed E-state index contributed by atoms with van der Waals surface area (Å²) in [6, 6.07) is 2.18. The number of halogens is 2. The first-order valence-electron chi connectivity index (χ1n) is 6.71. The number of aromatic nitrogens is 1. The molecule has 0 saturated heterocycles. The van der Waals surface area contributed by atoms with Gasteiger partial charge in [-0.1, -0.05) is 29.6 Å². The maximum atomic E-state index is 6.15. The van der Waals surface area contributed by atoms with E-state index in [9.17, 15) is 0 Å². The summed E-state index contributed by atoms with van der Waals surface area (Å²) in [6.45, 7) is 2.25. The van der Waals surface area contributed by atoms with Crippen LogP contribution in [0.2, 0.25) is 10.0 Å². The van der Waals surface area contributed by atoms with E-state index in [-0.39, 0.29) is 0 Å². The smallest absolute Gasteiger partial charge is 0.145 e. The number of rotatable bonds is 3. The molecule has 1 N–H and O–H groups in total. The lowest BCUT2D eigenvalue weighted by Gasteiger charge is -2.29. The van der Waals surface area contributed by atoms with E-state index in [2.05, 4.69) is 17.2 Å². The van der Waals surface area contributed by atoms with Crippen molar-refractivity contribution in [1.29, 1.82) is 0 Å². The highest BCUT2D eigenvalue weighted by Crippen LogP contribution is 2.49. The molecule has 3 rings (SSSR count). The van der Waals surface area contributed by atoms with Crippen LogP contribution in [0.15, 0.2) is 12.3 Å². The molecule has 0 aromatic carbocycles. The predicted octanol–water partition coefficient (Wildman–Crippen LogP) is 4.63. The molecular weight excluding hydrogens is 267 g/mol. The summed E-state index contributed by atoms with van der Waals surface area (Å²) in [7, 11) is 0. The van der Waals surface area contributed by atoms with Crippen molar-refractivity contribution in [2.24, 2.45) is 17.8 Å². The fraction of sp³-hybridized carbons (Fsp3) is 0.643. The van der Waals surface area contributed by atoms with E-state index >= 15 is 0 Å². The summed E-state index contributed by atoms with van der Waals surface area (Å²) >= 11 is 12.0. The van der Waals surface area contributed by atoms with Gasteiger partial charge in [0.2, 0.25) is 0 Å². The Bertz CT molecular complexity index is 449. The Balaban J connectivity index is 1.69. The van der Waals surface area contributed by atoms with Crippen molar-refractivity contribution in [2.45, 2.75) is 38.6 Å². The largest absolute Gasteiger partial charge is 0.366 e. The van der Waals surface area contributed by atoms with Gasteiger partial charge in [-0.15, -0.1) is 0 Å². The summed E-state index contributed by atoms with van der Waals surface area (Å²) in [5.41, 5.74) is 0. The summed E-state index contributed by atoms with van der Waals surface area (Å²) < 4.78 is 0. The van der Waals surface area contributed by atoms with Gasteiger partial charge in [0, 0.05) is 12.2 Å². The highest BCUT2D eigenvalue weighted by molar-refractivity contribution is 6.35. The Labute approximate surface area is 118 Å². The molecule has 2 bridgehead atoms. The van der Waals surface area contributed by atoms with E-state index in [1.165, 1.54) is 25.7 Å². The van der Waals surface area contributed by atoms with Crippen molar-refractivity contribution in [1.82, 2.24) is 4.98 Å². The van der Waals surface area contributed by atoms with E-state index in [4.69, 9.17) is 23.2 Å². The highest BCUT2D eigenvalue weighted by atomic mass is 35.5. The molecule has 2 saturated carbocycles. The molecule has 4 heteroatoms. The second kappa shape index (κ2) is 4.90. The first-order valence-corrected chi connectivity index (χ1v) is 7.46. The van der Waals surface area contributed by atoms with Crippen molar-refractivity contribution in [3.63, 3.8) is 0 Å². The number of nitrogens with zero attached hydrogens (tertiary/aromatic N) is 1. The van der Waals surface area contributed by atoms with Crippen LogP contribution in [-0.2, 0) is 0 Å². The van der Waals surface area contributed by atoms with Crippen LogP contribution in [0.4, 0.5) is 5.82 Å².